The Kier molecular flexibility index (Phi) is 6.56. The monoisotopic (exact) mass is 354 g/mol. The molecule has 0 bridgehead atoms. The number of rotatable bonds is 7. The van der Waals surface area contributed by atoms with E-state index in [9.17, 15) is 9.59 Å². The van der Waals surface area contributed by atoms with Crippen LogP contribution in [-0.2, 0) is 9.47 Å². The van der Waals surface area contributed by atoms with E-state index in [-0.39, 0.29) is 5.41 Å². The summed E-state index contributed by atoms with van der Waals surface area (Å²) in [6.45, 7) is 7.79. The minimum Gasteiger partial charge on any atom is -0.455 e. The third kappa shape index (κ3) is 4.94. The fourth-order valence-corrected chi connectivity index (χ4v) is 2.72. The van der Waals surface area contributed by atoms with Crippen molar-refractivity contribution in [1.29, 1.82) is 0 Å². The lowest BCUT2D eigenvalue weighted by Crippen LogP contribution is -2.43. The molecule has 4 nitrogen and oxygen atoms in total. The van der Waals surface area contributed by atoms with Gasteiger partial charge in [0.25, 0.3) is 0 Å². The molecule has 0 aliphatic carbocycles. The van der Waals surface area contributed by atoms with Crippen molar-refractivity contribution in [1.82, 2.24) is 0 Å². The summed E-state index contributed by atoms with van der Waals surface area (Å²) >= 11 is 0. The lowest BCUT2D eigenvalue weighted by atomic mass is 9.81. The van der Waals surface area contributed by atoms with Crippen molar-refractivity contribution in [3.8, 4) is 0 Å². The van der Waals surface area contributed by atoms with Gasteiger partial charge in [-0.2, -0.15) is 0 Å². The zero-order valence-electron chi connectivity index (χ0n) is 15.8. The van der Waals surface area contributed by atoms with Crippen molar-refractivity contribution >= 4 is 11.9 Å². The molecule has 2 atom stereocenters. The van der Waals surface area contributed by atoms with Gasteiger partial charge in [0.1, 0.15) is 12.2 Å². The largest absolute Gasteiger partial charge is 0.455 e. The van der Waals surface area contributed by atoms with Gasteiger partial charge in [-0.25, -0.2) is 9.59 Å². The molecule has 0 aliphatic heterocycles. The average molecular weight is 354 g/mol. The van der Waals surface area contributed by atoms with Crippen molar-refractivity contribution in [2.24, 2.45) is 5.41 Å². The van der Waals surface area contributed by atoms with Crippen LogP contribution in [0.1, 0.15) is 54.8 Å². The SMILES string of the molecule is CCC(C)(C)C(OC(=O)c1ccccc1)C(C)OC(=O)c1ccccc1. The number of hydrogen-bond donors (Lipinski definition) is 0. The maximum atomic E-state index is 12.5. The van der Waals surface area contributed by atoms with Crippen LogP contribution in [0, 0.1) is 5.41 Å². The van der Waals surface area contributed by atoms with Crippen molar-refractivity contribution in [3.05, 3.63) is 71.8 Å². The van der Waals surface area contributed by atoms with E-state index in [0.717, 1.165) is 6.42 Å². The van der Waals surface area contributed by atoms with Gasteiger partial charge in [-0.05, 0) is 37.6 Å². The Hall–Kier alpha value is -2.62. The summed E-state index contributed by atoms with van der Waals surface area (Å²) in [5, 5.41) is 0. The maximum absolute atomic E-state index is 12.5. The Morgan fingerprint density at radius 1 is 0.846 bits per heavy atom. The smallest absolute Gasteiger partial charge is 0.338 e. The first-order valence-electron chi connectivity index (χ1n) is 8.87. The molecule has 0 heterocycles. The van der Waals surface area contributed by atoms with Gasteiger partial charge >= 0.3 is 11.9 Å². The van der Waals surface area contributed by atoms with E-state index in [1.165, 1.54) is 0 Å². The Bertz CT molecular complexity index is 722. The molecule has 138 valence electrons. The highest BCUT2D eigenvalue weighted by molar-refractivity contribution is 5.90. The lowest BCUT2D eigenvalue weighted by Gasteiger charge is -2.36. The number of hydrogen-bond acceptors (Lipinski definition) is 4. The molecule has 0 radical (unpaired) electrons. The first-order valence-corrected chi connectivity index (χ1v) is 8.87. The zero-order chi connectivity index (χ0) is 19.2. The van der Waals surface area contributed by atoms with Crippen LogP contribution in [0.2, 0.25) is 0 Å². The summed E-state index contributed by atoms with van der Waals surface area (Å²) < 4.78 is 11.4. The molecule has 4 heteroatoms. The van der Waals surface area contributed by atoms with Crippen LogP contribution < -0.4 is 0 Å². The van der Waals surface area contributed by atoms with Crippen molar-refractivity contribution in [2.45, 2.75) is 46.3 Å². The van der Waals surface area contributed by atoms with Crippen molar-refractivity contribution in [3.63, 3.8) is 0 Å². The van der Waals surface area contributed by atoms with E-state index in [0.29, 0.717) is 11.1 Å². The Balaban J connectivity index is 2.16. The van der Waals surface area contributed by atoms with E-state index in [1.807, 2.05) is 32.9 Å². The maximum Gasteiger partial charge on any atom is 0.338 e. The standard InChI is InChI=1S/C22H26O4/c1-5-22(3,4)19(26-21(24)18-14-10-7-11-15-18)16(2)25-20(23)17-12-8-6-9-13-17/h6-16,19H,5H2,1-4H3. The van der Waals surface area contributed by atoms with Gasteiger partial charge in [-0.1, -0.05) is 57.2 Å². The highest BCUT2D eigenvalue weighted by Crippen LogP contribution is 2.31. The molecule has 2 aromatic carbocycles. The second-order valence-electron chi connectivity index (χ2n) is 7.01. The van der Waals surface area contributed by atoms with Gasteiger partial charge < -0.3 is 9.47 Å². The molecule has 26 heavy (non-hydrogen) atoms. The van der Waals surface area contributed by atoms with Crippen LogP contribution in [-0.4, -0.2) is 24.1 Å². The number of carbonyl (C=O) groups is 2. The predicted molar refractivity (Wildman–Crippen MR) is 101 cm³/mol. The van der Waals surface area contributed by atoms with Gasteiger partial charge in [0.2, 0.25) is 0 Å². The molecule has 2 aromatic rings. The minimum atomic E-state index is -0.578. The quantitative estimate of drug-likeness (QED) is 0.664. The first kappa shape index (κ1) is 19.7. The molecule has 2 rings (SSSR count). The molecule has 0 N–H and O–H groups in total. The van der Waals surface area contributed by atoms with E-state index < -0.39 is 24.1 Å². The fraction of sp³-hybridized carbons (Fsp3) is 0.364. The predicted octanol–water partition coefficient (Wildman–Crippen LogP) is 4.89. The van der Waals surface area contributed by atoms with Crippen LogP contribution in [0.25, 0.3) is 0 Å². The van der Waals surface area contributed by atoms with Crippen LogP contribution in [0.15, 0.2) is 60.7 Å². The van der Waals surface area contributed by atoms with Gasteiger partial charge in [0, 0.05) is 5.41 Å². The molecule has 0 fully saturated rings. The summed E-state index contributed by atoms with van der Waals surface area (Å²) in [6.07, 6.45) is -0.370. The Morgan fingerprint density at radius 2 is 1.27 bits per heavy atom. The Morgan fingerprint density at radius 3 is 1.69 bits per heavy atom. The fourth-order valence-electron chi connectivity index (χ4n) is 2.72. The normalized spacial score (nSPS) is 13.5. The molecule has 0 aliphatic rings. The third-order valence-corrected chi connectivity index (χ3v) is 4.65. The lowest BCUT2D eigenvalue weighted by molar-refractivity contribution is -0.0733. The van der Waals surface area contributed by atoms with E-state index >= 15 is 0 Å². The minimum absolute atomic E-state index is 0.346. The number of esters is 2. The average Bonchev–Trinajstić information content (AvgIpc) is 2.67. The molecule has 0 saturated carbocycles. The first-order chi connectivity index (χ1) is 12.3. The highest BCUT2D eigenvalue weighted by atomic mass is 16.6. The van der Waals surface area contributed by atoms with Gasteiger partial charge in [-0.15, -0.1) is 0 Å². The molecule has 0 aromatic heterocycles. The van der Waals surface area contributed by atoms with Crippen LogP contribution >= 0.6 is 0 Å². The van der Waals surface area contributed by atoms with Crippen molar-refractivity contribution < 1.29 is 19.1 Å². The molecule has 0 saturated heterocycles. The number of carbonyl (C=O) groups excluding carboxylic acids is 2. The molecule has 0 amide bonds. The Labute approximate surface area is 155 Å². The van der Waals surface area contributed by atoms with Gasteiger partial charge in [0.15, 0.2) is 0 Å². The number of benzene rings is 2. The summed E-state index contributed by atoms with van der Waals surface area (Å²) in [5.74, 6) is -0.842. The van der Waals surface area contributed by atoms with Crippen LogP contribution in [0.3, 0.4) is 0 Å². The van der Waals surface area contributed by atoms with E-state index in [2.05, 4.69) is 0 Å². The second kappa shape index (κ2) is 8.65. The zero-order valence-corrected chi connectivity index (χ0v) is 15.8. The van der Waals surface area contributed by atoms with Gasteiger partial charge in [-0.3, -0.25) is 0 Å². The summed E-state index contributed by atoms with van der Waals surface area (Å²) in [6, 6.07) is 17.6. The molecular weight excluding hydrogens is 328 g/mol. The highest BCUT2D eigenvalue weighted by Gasteiger charge is 2.38. The summed E-state index contributed by atoms with van der Waals surface area (Å²) in [5.41, 5.74) is 0.605. The molecule has 2 unspecified atom stereocenters. The topological polar surface area (TPSA) is 52.6 Å². The number of ether oxygens (including phenoxy) is 2. The molecular formula is C22H26O4. The summed E-state index contributed by atoms with van der Waals surface area (Å²) in [7, 11) is 0. The third-order valence-electron chi connectivity index (χ3n) is 4.65. The second-order valence-corrected chi connectivity index (χ2v) is 7.01. The van der Waals surface area contributed by atoms with Gasteiger partial charge in [0.05, 0.1) is 11.1 Å². The van der Waals surface area contributed by atoms with Crippen LogP contribution in [0.4, 0.5) is 0 Å². The van der Waals surface area contributed by atoms with Crippen LogP contribution in [0.5, 0.6) is 0 Å². The van der Waals surface area contributed by atoms with E-state index in [4.69, 9.17) is 9.47 Å². The molecule has 0 spiro atoms. The summed E-state index contributed by atoms with van der Waals surface area (Å²) in [4.78, 5) is 24.9. The van der Waals surface area contributed by atoms with Crippen molar-refractivity contribution in [2.75, 3.05) is 0 Å². The van der Waals surface area contributed by atoms with E-state index in [1.54, 1.807) is 55.5 Å².